The summed E-state index contributed by atoms with van der Waals surface area (Å²) >= 11 is 0. The molecule has 16 heavy (non-hydrogen) atoms. The Kier molecular flexibility index (Phi) is 3.44. The molecule has 0 saturated carbocycles. The number of nitrogens with zero attached hydrogens (tertiary/aromatic N) is 1. The fraction of sp³-hybridized carbons (Fsp3) is 0.462. The van der Waals surface area contributed by atoms with E-state index in [1.165, 1.54) is 11.1 Å². The van der Waals surface area contributed by atoms with Crippen LogP contribution >= 0.6 is 0 Å². The normalized spacial score (nSPS) is 19.1. The second-order valence-electron chi connectivity index (χ2n) is 4.40. The zero-order chi connectivity index (χ0) is 11.4. The second kappa shape index (κ2) is 5.01. The minimum absolute atomic E-state index is 0.474. The molecule has 0 saturated heterocycles. The van der Waals surface area contributed by atoms with Gasteiger partial charge in [-0.15, -0.1) is 0 Å². The van der Waals surface area contributed by atoms with Gasteiger partial charge in [0.15, 0.2) is 5.96 Å². The van der Waals surface area contributed by atoms with Gasteiger partial charge < -0.3 is 10.6 Å². The lowest BCUT2D eigenvalue weighted by Gasteiger charge is -2.08. The molecule has 2 rings (SSSR count). The molecule has 3 nitrogen and oxygen atoms in total. The standard InChI is InChI=1S/C13H19N3/c1-10-4-3-5-12(8-10)6-7-14-13-15-9-11(2)16-13/h3-5,8,11H,6-7,9H2,1-2H3,(H2,14,15,16). The van der Waals surface area contributed by atoms with E-state index in [4.69, 9.17) is 0 Å². The topological polar surface area (TPSA) is 36.4 Å². The fourth-order valence-corrected chi connectivity index (χ4v) is 1.85. The molecule has 0 radical (unpaired) electrons. The molecular weight excluding hydrogens is 198 g/mol. The molecule has 2 N–H and O–H groups in total. The maximum Gasteiger partial charge on any atom is 0.191 e. The van der Waals surface area contributed by atoms with Crippen molar-refractivity contribution in [1.29, 1.82) is 0 Å². The van der Waals surface area contributed by atoms with Crippen molar-refractivity contribution in [2.45, 2.75) is 26.3 Å². The third-order valence-corrected chi connectivity index (χ3v) is 2.69. The Hall–Kier alpha value is -1.51. The summed E-state index contributed by atoms with van der Waals surface area (Å²) in [5, 5.41) is 6.61. The lowest BCUT2D eigenvalue weighted by Crippen LogP contribution is -2.38. The van der Waals surface area contributed by atoms with Crippen LogP contribution in [0.2, 0.25) is 0 Å². The van der Waals surface area contributed by atoms with Gasteiger partial charge in [-0.2, -0.15) is 0 Å². The summed E-state index contributed by atoms with van der Waals surface area (Å²) in [6, 6.07) is 9.11. The van der Waals surface area contributed by atoms with E-state index in [0.717, 1.165) is 25.5 Å². The average molecular weight is 217 g/mol. The van der Waals surface area contributed by atoms with Gasteiger partial charge in [0.1, 0.15) is 0 Å². The Bertz CT molecular complexity index is 385. The van der Waals surface area contributed by atoms with Gasteiger partial charge in [0.05, 0.1) is 6.54 Å². The number of nitrogens with one attached hydrogen (secondary N) is 2. The Morgan fingerprint density at radius 1 is 1.50 bits per heavy atom. The first kappa shape index (κ1) is 11.0. The maximum atomic E-state index is 4.36. The number of aryl methyl sites for hydroxylation is 1. The molecule has 1 unspecified atom stereocenters. The van der Waals surface area contributed by atoms with E-state index in [2.05, 4.69) is 53.7 Å². The Labute approximate surface area is 97.0 Å². The van der Waals surface area contributed by atoms with Gasteiger partial charge in [0.2, 0.25) is 0 Å². The zero-order valence-corrected chi connectivity index (χ0v) is 9.96. The van der Waals surface area contributed by atoms with Crippen LogP contribution in [0.15, 0.2) is 29.3 Å². The van der Waals surface area contributed by atoms with Crippen molar-refractivity contribution in [2.24, 2.45) is 4.99 Å². The van der Waals surface area contributed by atoms with E-state index in [1.54, 1.807) is 0 Å². The molecule has 1 aliphatic heterocycles. The third kappa shape index (κ3) is 2.99. The average Bonchev–Trinajstić information content (AvgIpc) is 2.64. The van der Waals surface area contributed by atoms with E-state index in [9.17, 15) is 0 Å². The van der Waals surface area contributed by atoms with Crippen LogP contribution in [0, 0.1) is 6.92 Å². The highest BCUT2D eigenvalue weighted by atomic mass is 15.2. The smallest absolute Gasteiger partial charge is 0.191 e. The molecule has 0 aromatic heterocycles. The molecule has 0 amide bonds. The van der Waals surface area contributed by atoms with Crippen molar-refractivity contribution >= 4 is 5.96 Å². The van der Waals surface area contributed by atoms with E-state index in [1.807, 2.05) is 0 Å². The van der Waals surface area contributed by atoms with Crippen LogP contribution in [0.25, 0.3) is 0 Å². The lowest BCUT2D eigenvalue weighted by molar-refractivity contribution is 0.712. The summed E-state index contributed by atoms with van der Waals surface area (Å²) in [5.41, 5.74) is 2.70. The summed E-state index contributed by atoms with van der Waals surface area (Å²) in [6.07, 6.45) is 1.04. The van der Waals surface area contributed by atoms with Gasteiger partial charge in [0, 0.05) is 12.6 Å². The number of aliphatic imine (C=N–C) groups is 1. The minimum Gasteiger partial charge on any atom is -0.356 e. The predicted molar refractivity (Wildman–Crippen MR) is 67.8 cm³/mol. The van der Waals surface area contributed by atoms with Gasteiger partial charge in [-0.1, -0.05) is 29.8 Å². The van der Waals surface area contributed by atoms with Crippen molar-refractivity contribution < 1.29 is 0 Å². The minimum atomic E-state index is 0.474. The molecule has 3 heteroatoms. The van der Waals surface area contributed by atoms with E-state index >= 15 is 0 Å². The number of hydrogen-bond acceptors (Lipinski definition) is 3. The van der Waals surface area contributed by atoms with E-state index in [0.29, 0.717) is 6.04 Å². The molecule has 0 fully saturated rings. The van der Waals surface area contributed by atoms with Crippen LogP contribution in [-0.4, -0.2) is 25.1 Å². The summed E-state index contributed by atoms with van der Waals surface area (Å²) in [6.45, 7) is 6.08. The summed E-state index contributed by atoms with van der Waals surface area (Å²) in [4.78, 5) is 4.36. The van der Waals surface area contributed by atoms with Gasteiger partial charge >= 0.3 is 0 Å². The summed E-state index contributed by atoms with van der Waals surface area (Å²) in [7, 11) is 0. The first-order valence-electron chi connectivity index (χ1n) is 5.84. The van der Waals surface area contributed by atoms with Gasteiger partial charge in [-0.25, -0.2) is 0 Å². The molecule has 1 aromatic rings. The molecule has 1 aliphatic rings. The maximum absolute atomic E-state index is 4.36. The Balaban J connectivity index is 1.76. The van der Waals surface area contributed by atoms with Gasteiger partial charge in [-0.05, 0) is 25.8 Å². The first-order valence-corrected chi connectivity index (χ1v) is 5.84. The van der Waals surface area contributed by atoms with Crippen LogP contribution < -0.4 is 10.6 Å². The largest absolute Gasteiger partial charge is 0.356 e. The Morgan fingerprint density at radius 2 is 2.38 bits per heavy atom. The van der Waals surface area contributed by atoms with Crippen LogP contribution in [-0.2, 0) is 6.42 Å². The van der Waals surface area contributed by atoms with Crippen LogP contribution in [0.1, 0.15) is 18.1 Å². The second-order valence-corrected chi connectivity index (χ2v) is 4.40. The first-order chi connectivity index (χ1) is 7.74. The van der Waals surface area contributed by atoms with Crippen LogP contribution in [0.3, 0.4) is 0 Å². The molecule has 0 spiro atoms. The van der Waals surface area contributed by atoms with Gasteiger partial charge in [0.25, 0.3) is 0 Å². The van der Waals surface area contributed by atoms with Crippen molar-refractivity contribution in [3.8, 4) is 0 Å². The number of hydrogen-bond donors (Lipinski definition) is 2. The van der Waals surface area contributed by atoms with Crippen molar-refractivity contribution in [2.75, 3.05) is 13.1 Å². The molecular formula is C13H19N3. The van der Waals surface area contributed by atoms with E-state index < -0.39 is 0 Å². The quantitative estimate of drug-likeness (QED) is 0.804. The van der Waals surface area contributed by atoms with Crippen molar-refractivity contribution in [3.05, 3.63) is 35.4 Å². The highest BCUT2D eigenvalue weighted by molar-refractivity contribution is 5.81. The molecule has 1 atom stereocenters. The molecule has 0 bridgehead atoms. The SMILES string of the molecule is Cc1cccc(CCNC2=NCC(C)N2)c1. The fourth-order valence-electron chi connectivity index (χ4n) is 1.85. The third-order valence-electron chi connectivity index (χ3n) is 2.69. The molecule has 1 heterocycles. The predicted octanol–water partition coefficient (Wildman–Crippen LogP) is 1.47. The molecule has 86 valence electrons. The van der Waals surface area contributed by atoms with Crippen molar-refractivity contribution in [1.82, 2.24) is 10.6 Å². The van der Waals surface area contributed by atoms with Crippen molar-refractivity contribution in [3.63, 3.8) is 0 Å². The zero-order valence-electron chi connectivity index (χ0n) is 9.96. The number of rotatable bonds is 3. The monoisotopic (exact) mass is 217 g/mol. The van der Waals surface area contributed by atoms with Gasteiger partial charge in [-0.3, -0.25) is 4.99 Å². The lowest BCUT2D eigenvalue weighted by atomic mass is 10.1. The summed E-state index contributed by atoms with van der Waals surface area (Å²) in [5.74, 6) is 0.945. The number of guanidine groups is 1. The number of benzene rings is 1. The van der Waals surface area contributed by atoms with E-state index in [-0.39, 0.29) is 0 Å². The molecule has 1 aromatic carbocycles. The van der Waals surface area contributed by atoms with Crippen LogP contribution in [0.4, 0.5) is 0 Å². The molecule has 0 aliphatic carbocycles. The Morgan fingerprint density at radius 3 is 3.06 bits per heavy atom. The van der Waals surface area contributed by atoms with Crippen LogP contribution in [0.5, 0.6) is 0 Å². The highest BCUT2D eigenvalue weighted by Gasteiger charge is 2.10. The highest BCUT2D eigenvalue weighted by Crippen LogP contribution is 2.04. The summed E-state index contributed by atoms with van der Waals surface area (Å²) < 4.78 is 0.